The van der Waals surface area contributed by atoms with E-state index >= 15 is 0 Å². The van der Waals surface area contributed by atoms with Crippen molar-refractivity contribution < 1.29 is 13.9 Å². The molecule has 16 heavy (non-hydrogen) atoms. The first-order chi connectivity index (χ1) is 7.40. The molecule has 90 valence electrons. The molecule has 0 heterocycles. The molecule has 0 radical (unpaired) electrons. The largest absolute Gasteiger partial charge is 0.389 e. The topological polar surface area (TPSA) is 20.2 Å². The minimum Gasteiger partial charge on any atom is -0.389 e. The van der Waals surface area contributed by atoms with Gasteiger partial charge in [0.2, 0.25) is 0 Å². The fourth-order valence-electron chi connectivity index (χ4n) is 1.74. The summed E-state index contributed by atoms with van der Waals surface area (Å²) in [5.74, 6) is -1.23. The first-order valence-electron chi connectivity index (χ1n) is 5.56. The molecule has 1 nitrogen and oxygen atoms in total. The molecule has 1 N–H and O–H groups in total. The minimum absolute atomic E-state index is 0.0136. The molecule has 0 fully saturated rings. The highest BCUT2D eigenvalue weighted by molar-refractivity contribution is 5.21. The summed E-state index contributed by atoms with van der Waals surface area (Å²) in [5.41, 5.74) is -1.08. The van der Waals surface area contributed by atoms with Crippen LogP contribution in [0.2, 0.25) is 0 Å². The molecule has 1 rings (SSSR count). The zero-order valence-electron chi connectivity index (χ0n) is 9.93. The molecule has 0 bridgehead atoms. The monoisotopic (exact) mass is 228 g/mol. The summed E-state index contributed by atoms with van der Waals surface area (Å²) in [6.07, 6.45) is 0.484. The van der Waals surface area contributed by atoms with Gasteiger partial charge in [-0.3, -0.25) is 0 Å². The third kappa shape index (κ3) is 2.59. The molecule has 1 aromatic carbocycles. The molecule has 0 aliphatic rings. The standard InChI is InChI=1S/C13H18F2O/c1-4-13(16,9(2)3)8-10-11(14)6-5-7-12(10)15/h5-7,9,16H,4,8H2,1-3H3. The van der Waals surface area contributed by atoms with Gasteiger partial charge in [-0.15, -0.1) is 0 Å². The van der Waals surface area contributed by atoms with Crippen LogP contribution in [0.1, 0.15) is 32.8 Å². The second-order valence-electron chi connectivity index (χ2n) is 4.49. The lowest BCUT2D eigenvalue weighted by atomic mass is 9.82. The van der Waals surface area contributed by atoms with Gasteiger partial charge in [-0.1, -0.05) is 26.8 Å². The third-order valence-electron chi connectivity index (χ3n) is 3.23. The predicted octanol–water partition coefficient (Wildman–Crippen LogP) is 3.30. The van der Waals surface area contributed by atoms with Gasteiger partial charge in [0.05, 0.1) is 5.60 Å². The lowest BCUT2D eigenvalue weighted by Gasteiger charge is -2.31. The number of aliphatic hydroxyl groups is 1. The van der Waals surface area contributed by atoms with Crippen molar-refractivity contribution in [1.82, 2.24) is 0 Å². The Kier molecular flexibility index (Phi) is 4.03. The van der Waals surface area contributed by atoms with Crippen LogP contribution in [0, 0.1) is 17.6 Å². The van der Waals surface area contributed by atoms with Crippen molar-refractivity contribution in [1.29, 1.82) is 0 Å². The van der Waals surface area contributed by atoms with Crippen molar-refractivity contribution >= 4 is 0 Å². The molecule has 0 aliphatic heterocycles. The van der Waals surface area contributed by atoms with E-state index < -0.39 is 17.2 Å². The van der Waals surface area contributed by atoms with Crippen molar-refractivity contribution in [2.75, 3.05) is 0 Å². The molecule has 0 amide bonds. The average Bonchev–Trinajstić information content (AvgIpc) is 2.23. The molecule has 0 aliphatic carbocycles. The second kappa shape index (κ2) is 4.91. The van der Waals surface area contributed by atoms with Crippen LogP contribution in [-0.2, 0) is 6.42 Å². The van der Waals surface area contributed by atoms with Crippen molar-refractivity contribution in [2.24, 2.45) is 5.92 Å². The molecular weight excluding hydrogens is 210 g/mol. The SMILES string of the molecule is CCC(O)(Cc1c(F)cccc1F)C(C)C. The molecule has 1 unspecified atom stereocenters. The molecule has 1 aromatic rings. The normalized spacial score (nSPS) is 15.2. The maximum Gasteiger partial charge on any atom is 0.129 e. The molecule has 3 heteroatoms. The van der Waals surface area contributed by atoms with Crippen LogP contribution in [0.15, 0.2) is 18.2 Å². The Labute approximate surface area is 95.1 Å². The zero-order valence-corrected chi connectivity index (χ0v) is 9.93. The average molecular weight is 228 g/mol. The van der Waals surface area contributed by atoms with E-state index in [4.69, 9.17) is 0 Å². The van der Waals surface area contributed by atoms with E-state index in [0.29, 0.717) is 6.42 Å². The van der Waals surface area contributed by atoms with Gasteiger partial charge in [-0.2, -0.15) is 0 Å². The minimum atomic E-state index is -1.05. The summed E-state index contributed by atoms with van der Waals surface area (Å²) >= 11 is 0. The molecule has 0 aromatic heterocycles. The number of hydrogen-bond acceptors (Lipinski definition) is 1. The number of benzene rings is 1. The summed E-state index contributed by atoms with van der Waals surface area (Å²) in [6, 6.07) is 3.76. The highest BCUT2D eigenvalue weighted by atomic mass is 19.1. The fraction of sp³-hybridized carbons (Fsp3) is 0.538. The fourth-order valence-corrected chi connectivity index (χ4v) is 1.74. The van der Waals surface area contributed by atoms with Crippen LogP contribution in [-0.4, -0.2) is 10.7 Å². The molecule has 0 spiro atoms. The highest BCUT2D eigenvalue weighted by Gasteiger charge is 2.31. The highest BCUT2D eigenvalue weighted by Crippen LogP contribution is 2.28. The summed E-state index contributed by atoms with van der Waals surface area (Å²) in [6.45, 7) is 5.52. The van der Waals surface area contributed by atoms with E-state index in [2.05, 4.69) is 0 Å². The summed E-state index contributed by atoms with van der Waals surface area (Å²) < 4.78 is 26.9. The van der Waals surface area contributed by atoms with Crippen molar-refractivity contribution in [3.05, 3.63) is 35.4 Å². The molecular formula is C13H18F2O. The lowest BCUT2D eigenvalue weighted by Crippen LogP contribution is -2.37. The van der Waals surface area contributed by atoms with Gasteiger partial charge >= 0.3 is 0 Å². The first-order valence-corrected chi connectivity index (χ1v) is 5.56. The van der Waals surface area contributed by atoms with Crippen LogP contribution in [0.4, 0.5) is 8.78 Å². The van der Waals surface area contributed by atoms with Gasteiger partial charge in [0, 0.05) is 12.0 Å². The predicted molar refractivity (Wildman–Crippen MR) is 60.1 cm³/mol. The van der Waals surface area contributed by atoms with Crippen molar-refractivity contribution in [3.63, 3.8) is 0 Å². The Morgan fingerprint density at radius 2 is 1.75 bits per heavy atom. The Morgan fingerprint density at radius 3 is 2.12 bits per heavy atom. The quantitative estimate of drug-likeness (QED) is 0.838. The van der Waals surface area contributed by atoms with Gasteiger partial charge in [0.25, 0.3) is 0 Å². The summed E-state index contributed by atoms with van der Waals surface area (Å²) in [5, 5.41) is 10.3. The summed E-state index contributed by atoms with van der Waals surface area (Å²) in [7, 11) is 0. The Morgan fingerprint density at radius 1 is 1.25 bits per heavy atom. The molecule has 0 saturated heterocycles. The van der Waals surface area contributed by atoms with Gasteiger partial charge in [0.15, 0.2) is 0 Å². The van der Waals surface area contributed by atoms with Crippen LogP contribution >= 0.6 is 0 Å². The van der Waals surface area contributed by atoms with Crippen LogP contribution < -0.4 is 0 Å². The Bertz CT molecular complexity index is 343. The van der Waals surface area contributed by atoms with E-state index in [9.17, 15) is 13.9 Å². The molecule has 1 atom stereocenters. The van der Waals surface area contributed by atoms with Crippen LogP contribution in [0.5, 0.6) is 0 Å². The van der Waals surface area contributed by atoms with Crippen molar-refractivity contribution in [2.45, 2.75) is 39.2 Å². The van der Waals surface area contributed by atoms with Gasteiger partial charge in [-0.05, 0) is 24.5 Å². The smallest absolute Gasteiger partial charge is 0.129 e. The Hall–Kier alpha value is -0.960. The lowest BCUT2D eigenvalue weighted by molar-refractivity contribution is -0.00968. The summed E-state index contributed by atoms with van der Waals surface area (Å²) in [4.78, 5) is 0. The molecule has 0 saturated carbocycles. The van der Waals surface area contributed by atoms with Gasteiger partial charge in [-0.25, -0.2) is 8.78 Å². The van der Waals surface area contributed by atoms with E-state index in [1.54, 1.807) is 0 Å². The van der Waals surface area contributed by atoms with Gasteiger partial charge < -0.3 is 5.11 Å². The van der Waals surface area contributed by atoms with E-state index in [0.717, 1.165) is 0 Å². The third-order valence-corrected chi connectivity index (χ3v) is 3.23. The van der Waals surface area contributed by atoms with Crippen molar-refractivity contribution in [3.8, 4) is 0 Å². The van der Waals surface area contributed by atoms with Crippen LogP contribution in [0.25, 0.3) is 0 Å². The van der Waals surface area contributed by atoms with Crippen LogP contribution in [0.3, 0.4) is 0 Å². The number of halogens is 2. The number of rotatable bonds is 4. The maximum absolute atomic E-state index is 13.4. The van der Waals surface area contributed by atoms with Gasteiger partial charge in [0.1, 0.15) is 11.6 Å². The van der Waals surface area contributed by atoms with E-state index in [1.807, 2.05) is 20.8 Å². The van der Waals surface area contributed by atoms with E-state index in [1.165, 1.54) is 18.2 Å². The first kappa shape index (κ1) is 13.1. The number of hydrogen-bond donors (Lipinski definition) is 1. The Balaban J connectivity index is 3.03. The second-order valence-corrected chi connectivity index (χ2v) is 4.49. The zero-order chi connectivity index (χ0) is 12.3. The van der Waals surface area contributed by atoms with E-state index in [-0.39, 0.29) is 17.9 Å². The maximum atomic E-state index is 13.4.